The molecule has 2 nitrogen and oxygen atoms in total. The van der Waals surface area contributed by atoms with E-state index in [4.69, 9.17) is 0 Å². The van der Waals surface area contributed by atoms with E-state index >= 15 is 0 Å². The molecule has 41 heavy (non-hydrogen) atoms. The lowest BCUT2D eigenvalue weighted by Gasteiger charge is -2.52. The Hall–Kier alpha value is -3.72. The van der Waals surface area contributed by atoms with Gasteiger partial charge in [-0.1, -0.05) is 101 Å². The highest BCUT2D eigenvalue weighted by atomic mass is 15.3. The molecule has 1 aromatic heterocycles. The largest absolute Gasteiger partial charge is 0.335 e. The van der Waals surface area contributed by atoms with E-state index in [9.17, 15) is 0 Å². The standard InChI is InChI=1S/C38H37BN2/c1-36(2,3)26-21-25-22-32(24-13-7-6-8-14-24)40-30-17-12-18-31-33(30)39(29(23-26)34(25)40)28-16-11-15-27-35(28)41(31)38(5)20-10-9-19-37(27,38)4/h6-8,11-18,21-23H,9-10,19-20H2,1-5H3. The first kappa shape index (κ1) is 23.9. The molecule has 3 heteroatoms. The SMILES string of the molecule is CC(C)(C)c1cc2c3c(c1)cc(-c1ccccc1)n3-c1cccc3c1B2c1cccc2c1N3C1(C)CCCCC21C. The lowest BCUT2D eigenvalue weighted by Crippen LogP contribution is -2.64. The maximum atomic E-state index is 2.81. The topological polar surface area (TPSA) is 8.17 Å². The molecule has 1 fully saturated rings. The Bertz CT molecular complexity index is 1930. The summed E-state index contributed by atoms with van der Waals surface area (Å²) in [4.78, 5) is 2.81. The minimum Gasteiger partial charge on any atom is -0.335 e. The average Bonchev–Trinajstić information content (AvgIpc) is 3.45. The second-order valence-corrected chi connectivity index (χ2v) is 14.5. The molecule has 4 aromatic carbocycles. The zero-order chi connectivity index (χ0) is 27.9. The number of aromatic nitrogens is 1. The Morgan fingerprint density at radius 2 is 1.51 bits per heavy atom. The third-order valence-electron chi connectivity index (χ3n) is 11.5. The second kappa shape index (κ2) is 7.56. The fourth-order valence-electron chi connectivity index (χ4n) is 9.21. The van der Waals surface area contributed by atoms with Crippen molar-refractivity contribution >= 4 is 45.4 Å². The number of fused-ring (bicyclic) bond motifs is 7. The third kappa shape index (κ3) is 2.76. The molecule has 1 aliphatic carbocycles. The van der Waals surface area contributed by atoms with E-state index in [1.54, 1.807) is 5.56 Å². The monoisotopic (exact) mass is 532 g/mol. The molecule has 5 aromatic rings. The van der Waals surface area contributed by atoms with Crippen LogP contribution in [-0.2, 0) is 10.8 Å². The van der Waals surface area contributed by atoms with Gasteiger partial charge in [0.1, 0.15) is 0 Å². The third-order valence-corrected chi connectivity index (χ3v) is 11.5. The van der Waals surface area contributed by atoms with E-state index in [0.29, 0.717) is 0 Å². The zero-order valence-electron chi connectivity index (χ0n) is 24.9. The number of para-hydroxylation sites is 1. The Morgan fingerprint density at radius 1 is 0.756 bits per heavy atom. The molecular formula is C38H37BN2. The van der Waals surface area contributed by atoms with Crippen LogP contribution in [-0.4, -0.2) is 16.8 Å². The number of rotatable bonds is 1. The van der Waals surface area contributed by atoms with Crippen molar-refractivity contribution in [2.24, 2.45) is 0 Å². The van der Waals surface area contributed by atoms with Crippen molar-refractivity contribution in [2.75, 3.05) is 4.90 Å². The maximum Gasteiger partial charge on any atom is 0.252 e. The molecule has 9 rings (SSSR count). The lowest BCUT2D eigenvalue weighted by atomic mass is 9.33. The van der Waals surface area contributed by atoms with Gasteiger partial charge >= 0.3 is 0 Å². The molecule has 3 aliphatic heterocycles. The minimum atomic E-state index is 0.0642. The summed E-state index contributed by atoms with van der Waals surface area (Å²) in [6, 6.07) is 32.8. The lowest BCUT2D eigenvalue weighted by molar-refractivity contribution is 0.195. The molecule has 2 unspecified atom stereocenters. The van der Waals surface area contributed by atoms with Crippen molar-refractivity contribution in [1.29, 1.82) is 0 Å². The van der Waals surface area contributed by atoms with E-state index in [-0.39, 0.29) is 23.1 Å². The summed E-state index contributed by atoms with van der Waals surface area (Å²) >= 11 is 0. The zero-order valence-corrected chi connectivity index (χ0v) is 24.9. The van der Waals surface area contributed by atoms with Gasteiger partial charge in [0, 0.05) is 33.4 Å². The highest BCUT2D eigenvalue weighted by Crippen LogP contribution is 2.61. The summed E-state index contributed by atoms with van der Waals surface area (Å²) in [5.41, 5.74) is 16.0. The van der Waals surface area contributed by atoms with Gasteiger partial charge in [-0.3, -0.25) is 0 Å². The van der Waals surface area contributed by atoms with Gasteiger partial charge in [-0.2, -0.15) is 0 Å². The van der Waals surface area contributed by atoms with Crippen molar-refractivity contribution in [3.05, 3.63) is 96.1 Å². The van der Waals surface area contributed by atoms with Crippen LogP contribution in [0.1, 0.15) is 71.4 Å². The highest BCUT2D eigenvalue weighted by molar-refractivity contribution is 7.00. The molecular weight excluding hydrogens is 495 g/mol. The van der Waals surface area contributed by atoms with Gasteiger partial charge in [0.2, 0.25) is 0 Å². The summed E-state index contributed by atoms with van der Waals surface area (Å²) in [7, 11) is 0. The fraction of sp³-hybridized carbons (Fsp3) is 0.316. The van der Waals surface area contributed by atoms with Gasteiger partial charge in [-0.25, -0.2) is 0 Å². The summed E-state index contributed by atoms with van der Waals surface area (Å²) in [5.74, 6) is 0. The summed E-state index contributed by atoms with van der Waals surface area (Å²) < 4.78 is 2.59. The van der Waals surface area contributed by atoms with Crippen molar-refractivity contribution in [3.8, 4) is 16.9 Å². The van der Waals surface area contributed by atoms with Crippen LogP contribution in [0.3, 0.4) is 0 Å². The molecule has 0 spiro atoms. The summed E-state index contributed by atoms with van der Waals surface area (Å²) in [5, 5.41) is 1.35. The van der Waals surface area contributed by atoms with E-state index < -0.39 is 0 Å². The molecule has 0 amide bonds. The van der Waals surface area contributed by atoms with Gasteiger partial charge in [0.15, 0.2) is 0 Å². The van der Waals surface area contributed by atoms with Crippen LogP contribution in [0.15, 0.2) is 84.9 Å². The van der Waals surface area contributed by atoms with Gasteiger partial charge in [0.25, 0.3) is 6.71 Å². The van der Waals surface area contributed by atoms with E-state index in [1.807, 2.05) is 0 Å². The van der Waals surface area contributed by atoms with Crippen molar-refractivity contribution in [2.45, 2.75) is 76.7 Å². The number of anilines is 2. The molecule has 4 aliphatic rings. The van der Waals surface area contributed by atoms with Crippen LogP contribution >= 0.6 is 0 Å². The van der Waals surface area contributed by atoms with E-state index in [0.717, 1.165) is 0 Å². The average molecular weight is 533 g/mol. The van der Waals surface area contributed by atoms with Gasteiger partial charge in [-0.05, 0) is 82.5 Å². The number of hydrogen-bond donors (Lipinski definition) is 0. The first-order chi connectivity index (χ1) is 19.7. The molecule has 4 heterocycles. The predicted octanol–water partition coefficient (Wildman–Crippen LogP) is 7.48. The Morgan fingerprint density at radius 3 is 2.32 bits per heavy atom. The normalized spacial score (nSPS) is 23.4. The first-order valence-corrected chi connectivity index (χ1v) is 15.5. The number of hydrogen-bond acceptors (Lipinski definition) is 1. The van der Waals surface area contributed by atoms with E-state index in [1.165, 1.54) is 86.9 Å². The van der Waals surface area contributed by atoms with Crippen LogP contribution in [0.2, 0.25) is 0 Å². The highest BCUT2D eigenvalue weighted by Gasteiger charge is 2.60. The molecule has 0 saturated heterocycles. The maximum absolute atomic E-state index is 2.81. The first-order valence-electron chi connectivity index (χ1n) is 15.5. The van der Waals surface area contributed by atoms with Gasteiger partial charge < -0.3 is 9.47 Å². The van der Waals surface area contributed by atoms with Crippen molar-refractivity contribution in [3.63, 3.8) is 0 Å². The number of benzene rings is 4. The van der Waals surface area contributed by atoms with Crippen LogP contribution in [0.4, 0.5) is 11.4 Å². The number of nitrogens with zero attached hydrogens (tertiary/aromatic N) is 2. The van der Waals surface area contributed by atoms with Crippen LogP contribution < -0.4 is 21.3 Å². The molecule has 1 saturated carbocycles. The molecule has 0 N–H and O–H groups in total. The Kier molecular flexibility index (Phi) is 4.42. The molecule has 0 radical (unpaired) electrons. The summed E-state index contributed by atoms with van der Waals surface area (Å²) in [6.45, 7) is 12.4. The van der Waals surface area contributed by atoms with Gasteiger partial charge in [0.05, 0.1) is 11.2 Å². The quantitative estimate of drug-likeness (QED) is 0.199. The van der Waals surface area contributed by atoms with Crippen LogP contribution in [0.25, 0.3) is 27.8 Å². The smallest absolute Gasteiger partial charge is 0.252 e. The second-order valence-electron chi connectivity index (χ2n) is 14.5. The fourth-order valence-corrected chi connectivity index (χ4v) is 9.21. The van der Waals surface area contributed by atoms with Gasteiger partial charge in [-0.15, -0.1) is 0 Å². The Balaban J connectivity index is 1.45. The van der Waals surface area contributed by atoms with Crippen molar-refractivity contribution in [1.82, 2.24) is 4.57 Å². The summed E-state index contributed by atoms with van der Waals surface area (Å²) in [6.07, 6.45) is 5.12. The van der Waals surface area contributed by atoms with Crippen LogP contribution in [0.5, 0.6) is 0 Å². The predicted molar refractivity (Wildman–Crippen MR) is 175 cm³/mol. The van der Waals surface area contributed by atoms with E-state index in [2.05, 4.69) is 129 Å². The molecule has 2 atom stereocenters. The minimum absolute atomic E-state index is 0.0642. The molecule has 0 bridgehead atoms. The van der Waals surface area contributed by atoms with Crippen LogP contribution in [0, 0.1) is 0 Å². The Labute approximate surface area is 244 Å². The van der Waals surface area contributed by atoms with Crippen molar-refractivity contribution < 1.29 is 0 Å². The molecule has 202 valence electrons.